The number of ether oxygens (including phenoxy) is 1. The monoisotopic (exact) mass is 402 g/mol. The average molecular weight is 402 g/mol. The highest BCUT2D eigenvalue weighted by Crippen LogP contribution is 2.38. The van der Waals surface area contributed by atoms with Crippen LogP contribution in [0.5, 0.6) is 5.75 Å². The van der Waals surface area contributed by atoms with Crippen LogP contribution in [0.4, 0.5) is 0 Å². The van der Waals surface area contributed by atoms with Crippen LogP contribution in [-0.2, 0) is 20.1 Å². The van der Waals surface area contributed by atoms with Crippen molar-refractivity contribution in [2.45, 2.75) is 20.0 Å². The lowest BCUT2D eigenvalue weighted by Gasteiger charge is -2.16. The Balaban J connectivity index is 1.90. The average Bonchev–Trinajstić information content (AvgIpc) is 3.13. The highest BCUT2D eigenvalue weighted by molar-refractivity contribution is 5.94. The molecule has 0 bridgehead atoms. The molecule has 0 fully saturated rings. The number of nitrogens with zero attached hydrogens (tertiary/aromatic N) is 1. The standard InChI is InChI=1S/C24H22N2O4/c1-3-16-13-19(24(28)29)23(27)25-21(16)18-9-10-20-17(11-12-26(20)2)22(18)30-14-15-7-5-4-6-8-15/h4-13H,3,14H2,1-2H3,(H,25,27)(H,28,29). The maximum Gasteiger partial charge on any atom is 0.341 e. The highest BCUT2D eigenvalue weighted by Gasteiger charge is 2.19. The van der Waals surface area contributed by atoms with Crippen LogP contribution in [0.15, 0.2) is 65.6 Å². The van der Waals surface area contributed by atoms with E-state index in [1.165, 1.54) is 6.07 Å². The molecule has 0 aliphatic carbocycles. The van der Waals surface area contributed by atoms with E-state index in [0.717, 1.165) is 27.6 Å². The number of aromatic nitrogens is 2. The molecule has 2 heterocycles. The molecule has 0 atom stereocenters. The predicted octanol–water partition coefficient (Wildman–Crippen LogP) is 4.37. The number of H-pyrrole nitrogens is 1. The van der Waals surface area contributed by atoms with Crippen molar-refractivity contribution in [1.82, 2.24) is 9.55 Å². The molecule has 2 N–H and O–H groups in total. The Labute approximate surface area is 173 Å². The Kier molecular flexibility index (Phi) is 5.14. The first-order valence-electron chi connectivity index (χ1n) is 9.74. The minimum absolute atomic E-state index is 0.261. The first-order chi connectivity index (χ1) is 14.5. The molecule has 0 unspecified atom stereocenters. The van der Waals surface area contributed by atoms with Gasteiger partial charge in [0.05, 0.1) is 11.2 Å². The number of nitrogens with one attached hydrogen (secondary N) is 1. The lowest BCUT2D eigenvalue weighted by atomic mass is 9.99. The maximum atomic E-state index is 12.4. The fourth-order valence-corrected chi connectivity index (χ4v) is 3.66. The number of hydrogen-bond donors (Lipinski definition) is 2. The number of aromatic carboxylic acids is 1. The van der Waals surface area contributed by atoms with Crippen LogP contribution in [0.2, 0.25) is 0 Å². The lowest BCUT2D eigenvalue weighted by molar-refractivity contribution is 0.0695. The third kappa shape index (κ3) is 3.48. The van der Waals surface area contributed by atoms with Gasteiger partial charge < -0.3 is 19.4 Å². The summed E-state index contributed by atoms with van der Waals surface area (Å²) in [5.74, 6) is -0.582. The first kappa shape index (κ1) is 19.5. The Morgan fingerprint density at radius 1 is 1.13 bits per heavy atom. The Bertz CT molecular complexity index is 1290. The SMILES string of the molecule is CCc1cc(C(=O)O)c(=O)[nH]c1-c1ccc2c(ccn2C)c1OCc1ccccc1. The zero-order chi connectivity index (χ0) is 21.3. The van der Waals surface area contributed by atoms with Gasteiger partial charge in [-0.05, 0) is 41.8 Å². The van der Waals surface area contributed by atoms with Crippen LogP contribution in [-0.4, -0.2) is 20.6 Å². The molecule has 6 heteroatoms. The van der Waals surface area contributed by atoms with E-state index in [2.05, 4.69) is 4.98 Å². The fraction of sp³-hybridized carbons (Fsp3) is 0.167. The summed E-state index contributed by atoms with van der Waals surface area (Å²) in [5.41, 5.74) is 3.20. The van der Waals surface area contributed by atoms with Crippen molar-refractivity contribution in [3.63, 3.8) is 0 Å². The Hall–Kier alpha value is -3.80. The van der Waals surface area contributed by atoms with Crippen LogP contribution in [0.1, 0.15) is 28.4 Å². The summed E-state index contributed by atoms with van der Waals surface area (Å²) in [6.07, 6.45) is 2.53. The van der Waals surface area contributed by atoms with Gasteiger partial charge in [0.15, 0.2) is 0 Å². The number of carboxylic acid groups (broad SMARTS) is 1. The van der Waals surface area contributed by atoms with Crippen molar-refractivity contribution in [3.8, 4) is 17.0 Å². The van der Waals surface area contributed by atoms with Gasteiger partial charge in [-0.1, -0.05) is 37.3 Å². The number of pyridine rings is 1. The molecule has 152 valence electrons. The summed E-state index contributed by atoms with van der Waals surface area (Å²) in [6.45, 7) is 2.30. The summed E-state index contributed by atoms with van der Waals surface area (Å²) in [6, 6.07) is 17.2. The minimum Gasteiger partial charge on any atom is -0.487 e. The topological polar surface area (TPSA) is 84.3 Å². The second-order valence-electron chi connectivity index (χ2n) is 7.15. The number of hydrogen-bond acceptors (Lipinski definition) is 3. The Morgan fingerprint density at radius 3 is 2.60 bits per heavy atom. The van der Waals surface area contributed by atoms with Crippen LogP contribution in [0.25, 0.3) is 22.2 Å². The predicted molar refractivity (Wildman–Crippen MR) is 116 cm³/mol. The lowest BCUT2D eigenvalue weighted by Crippen LogP contribution is -2.19. The van der Waals surface area contributed by atoms with Crippen molar-refractivity contribution in [2.24, 2.45) is 7.05 Å². The van der Waals surface area contributed by atoms with Gasteiger partial charge in [-0.2, -0.15) is 0 Å². The van der Waals surface area contributed by atoms with Gasteiger partial charge >= 0.3 is 5.97 Å². The summed E-state index contributed by atoms with van der Waals surface area (Å²) in [5, 5.41) is 10.2. The van der Waals surface area contributed by atoms with Gasteiger partial charge in [0.25, 0.3) is 5.56 Å². The van der Waals surface area contributed by atoms with Crippen LogP contribution < -0.4 is 10.3 Å². The second-order valence-corrected chi connectivity index (χ2v) is 7.15. The molecule has 6 nitrogen and oxygen atoms in total. The van der Waals surface area contributed by atoms with E-state index in [4.69, 9.17) is 4.74 Å². The van der Waals surface area contributed by atoms with E-state index in [9.17, 15) is 14.7 Å². The molecule has 0 spiro atoms. The molecule has 0 saturated carbocycles. The van der Waals surface area contributed by atoms with Gasteiger partial charge in [0.2, 0.25) is 0 Å². The number of rotatable bonds is 6. The molecular formula is C24H22N2O4. The molecular weight excluding hydrogens is 380 g/mol. The van der Waals surface area contributed by atoms with Crippen molar-refractivity contribution in [3.05, 3.63) is 87.8 Å². The van der Waals surface area contributed by atoms with Gasteiger partial charge in [0, 0.05) is 24.2 Å². The van der Waals surface area contributed by atoms with Gasteiger partial charge in [-0.25, -0.2) is 4.79 Å². The zero-order valence-electron chi connectivity index (χ0n) is 16.8. The van der Waals surface area contributed by atoms with E-state index in [-0.39, 0.29) is 5.56 Å². The van der Waals surface area contributed by atoms with E-state index in [1.807, 2.05) is 73.3 Å². The van der Waals surface area contributed by atoms with E-state index in [1.54, 1.807) is 0 Å². The summed E-state index contributed by atoms with van der Waals surface area (Å²) in [7, 11) is 1.96. The van der Waals surface area contributed by atoms with E-state index < -0.39 is 11.5 Å². The largest absolute Gasteiger partial charge is 0.487 e. The smallest absolute Gasteiger partial charge is 0.341 e. The van der Waals surface area contributed by atoms with E-state index >= 15 is 0 Å². The van der Waals surface area contributed by atoms with Crippen LogP contribution >= 0.6 is 0 Å². The van der Waals surface area contributed by atoms with Crippen molar-refractivity contribution in [2.75, 3.05) is 0 Å². The van der Waals surface area contributed by atoms with Gasteiger partial charge in [0.1, 0.15) is 17.9 Å². The maximum absolute atomic E-state index is 12.4. The molecule has 0 aliphatic rings. The van der Waals surface area contributed by atoms with Crippen molar-refractivity contribution < 1.29 is 14.6 Å². The molecule has 2 aromatic heterocycles. The molecule has 0 amide bonds. The van der Waals surface area contributed by atoms with Gasteiger partial charge in [-0.15, -0.1) is 0 Å². The summed E-state index contributed by atoms with van der Waals surface area (Å²) < 4.78 is 8.28. The number of aryl methyl sites for hydroxylation is 2. The number of fused-ring (bicyclic) bond motifs is 1. The van der Waals surface area contributed by atoms with Crippen LogP contribution in [0.3, 0.4) is 0 Å². The minimum atomic E-state index is -1.24. The summed E-state index contributed by atoms with van der Waals surface area (Å²) >= 11 is 0. The number of aromatic amines is 1. The number of carboxylic acids is 1. The molecule has 0 aliphatic heterocycles. The highest BCUT2D eigenvalue weighted by atomic mass is 16.5. The quantitative estimate of drug-likeness (QED) is 0.501. The molecule has 4 rings (SSSR count). The third-order valence-electron chi connectivity index (χ3n) is 5.25. The molecule has 30 heavy (non-hydrogen) atoms. The molecule has 4 aromatic rings. The van der Waals surface area contributed by atoms with Crippen LogP contribution in [0, 0.1) is 0 Å². The molecule has 0 radical (unpaired) electrons. The normalized spacial score (nSPS) is 11.0. The fourth-order valence-electron chi connectivity index (χ4n) is 3.66. The zero-order valence-corrected chi connectivity index (χ0v) is 16.8. The van der Waals surface area contributed by atoms with Gasteiger partial charge in [-0.3, -0.25) is 4.79 Å². The van der Waals surface area contributed by atoms with Crippen molar-refractivity contribution >= 4 is 16.9 Å². The Morgan fingerprint density at radius 2 is 1.90 bits per heavy atom. The summed E-state index contributed by atoms with van der Waals surface area (Å²) in [4.78, 5) is 26.6. The second kappa shape index (κ2) is 7.91. The van der Waals surface area contributed by atoms with E-state index in [0.29, 0.717) is 24.5 Å². The van der Waals surface area contributed by atoms with Crippen molar-refractivity contribution in [1.29, 1.82) is 0 Å². The molecule has 2 aromatic carbocycles. The molecule has 0 saturated heterocycles. The first-order valence-corrected chi connectivity index (χ1v) is 9.74. The number of benzene rings is 2. The third-order valence-corrected chi connectivity index (χ3v) is 5.25. The number of carbonyl (C=O) groups is 1.